The summed E-state index contributed by atoms with van der Waals surface area (Å²) in [6, 6.07) is 0. The van der Waals surface area contributed by atoms with Crippen LogP contribution in [0.25, 0.3) is 0 Å². The molecule has 122 valence electrons. The van der Waals surface area contributed by atoms with E-state index in [4.69, 9.17) is 0 Å². The number of nitrogens with one attached hydrogen (secondary N) is 2. The molecule has 0 aromatic carbocycles. The molecule has 1 saturated carbocycles. The molecule has 2 N–H and O–H groups in total. The first-order valence-corrected chi connectivity index (χ1v) is 7.58. The van der Waals surface area contributed by atoms with E-state index >= 15 is 0 Å². The lowest BCUT2D eigenvalue weighted by Crippen LogP contribution is -2.49. The van der Waals surface area contributed by atoms with Crippen LogP contribution in [0.15, 0.2) is 0 Å². The molecule has 0 aromatic heterocycles. The van der Waals surface area contributed by atoms with E-state index in [-0.39, 0.29) is 24.4 Å². The van der Waals surface area contributed by atoms with Gasteiger partial charge >= 0.3 is 6.18 Å². The molecule has 1 aliphatic heterocycles. The number of nitrogens with zero attached hydrogens (tertiary/aromatic N) is 1. The summed E-state index contributed by atoms with van der Waals surface area (Å²) >= 11 is 0. The molecule has 4 nitrogen and oxygen atoms in total. The molecule has 7 heteroatoms. The zero-order valence-electron chi connectivity index (χ0n) is 12.4. The largest absolute Gasteiger partial charge is 0.401 e. The number of halogens is 3. The van der Waals surface area contributed by atoms with Crippen LogP contribution in [0.1, 0.15) is 25.7 Å². The van der Waals surface area contributed by atoms with Crippen LogP contribution in [0.4, 0.5) is 13.2 Å². The molecule has 1 heterocycles. The van der Waals surface area contributed by atoms with Crippen molar-refractivity contribution in [1.29, 1.82) is 0 Å². The van der Waals surface area contributed by atoms with Crippen molar-refractivity contribution in [2.75, 3.05) is 39.8 Å². The van der Waals surface area contributed by atoms with Crippen molar-refractivity contribution in [2.24, 2.45) is 11.3 Å². The van der Waals surface area contributed by atoms with Crippen molar-refractivity contribution in [1.82, 2.24) is 15.5 Å². The minimum atomic E-state index is -4.19. The Kier molecular flexibility index (Phi) is 5.14. The standard InChI is InChI=1S/C14H24F3N3O/c1-20(10-14(15,16)17)7-6-19-12(21)13-5-3-2-4-11(13)8-18-9-13/h11,18H,2-10H2,1H3,(H,19,21)/t11-,13+/m0/s1. The van der Waals surface area contributed by atoms with Gasteiger partial charge in [0.25, 0.3) is 0 Å². The molecule has 2 fully saturated rings. The molecule has 2 rings (SSSR count). The van der Waals surface area contributed by atoms with Gasteiger partial charge in [0.05, 0.1) is 12.0 Å². The number of hydrogen-bond acceptors (Lipinski definition) is 3. The van der Waals surface area contributed by atoms with Crippen LogP contribution in [0, 0.1) is 11.3 Å². The van der Waals surface area contributed by atoms with Gasteiger partial charge in [-0.25, -0.2) is 0 Å². The maximum absolute atomic E-state index is 12.5. The molecule has 2 aliphatic rings. The Morgan fingerprint density at radius 3 is 2.90 bits per heavy atom. The molecule has 2 atom stereocenters. The van der Waals surface area contributed by atoms with E-state index in [1.165, 1.54) is 11.9 Å². The molecule has 0 aromatic rings. The Hall–Kier alpha value is -0.820. The summed E-state index contributed by atoms with van der Waals surface area (Å²) in [5.41, 5.74) is -0.332. The van der Waals surface area contributed by atoms with E-state index in [1.54, 1.807) is 0 Å². The van der Waals surface area contributed by atoms with Crippen molar-refractivity contribution in [3.05, 3.63) is 0 Å². The topological polar surface area (TPSA) is 44.4 Å². The number of rotatable bonds is 5. The lowest BCUT2D eigenvalue weighted by atomic mass is 9.67. The van der Waals surface area contributed by atoms with Crippen LogP contribution >= 0.6 is 0 Å². The average molecular weight is 307 g/mol. The van der Waals surface area contributed by atoms with Crippen LogP contribution < -0.4 is 10.6 Å². The lowest BCUT2D eigenvalue weighted by molar-refractivity contribution is -0.143. The van der Waals surface area contributed by atoms with E-state index in [1.807, 2.05) is 0 Å². The smallest absolute Gasteiger partial charge is 0.354 e. The van der Waals surface area contributed by atoms with Crippen LogP contribution in [0.3, 0.4) is 0 Å². The third-order valence-corrected chi connectivity index (χ3v) is 4.72. The van der Waals surface area contributed by atoms with Crippen molar-refractivity contribution in [2.45, 2.75) is 31.9 Å². The van der Waals surface area contributed by atoms with E-state index in [0.717, 1.165) is 32.2 Å². The maximum atomic E-state index is 12.5. The van der Waals surface area contributed by atoms with Gasteiger partial charge in [-0.2, -0.15) is 13.2 Å². The summed E-state index contributed by atoms with van der Waals surface area (Å²) in [4.78, 5) is 13.7. The summed E-state index contributed by atoms with van der Waals surface area (Å²) in [5, 5.41) is 6.14. The predicted octanol–water partition coefficient (Wildman–Crippen LogP) is 1.38. The number of hydrogen-bond donors (Lipinski definition) is 2. The second-order valence-electron chi connectivity index (χ2n) is 6.34. The number of fused-ring (bicyclic) bond motifs is 1. The van der Waals surface area contributed by atoms with Crippen molar-refractivity contribution >= 4 is 5.91 Å². The molecular weight excluding hydrogens is 283 g/mol. The molecule has 0 spiro atoms. The normalized spacial score (nSPS) is 29.5. The Bertz CT molecular complexity index is 375. The third-order valence-electron chi connectivity index (χ3n) is 4.72. The van der Waals surface area contributed by atoms with Gasteiger partial charge in [-0.15, -0.1) is 0 Å². The molecule has 1 amide bonds. The minimum Gasteiger partial charge on any atom is -0.354 e. The number of carbonyl (C=O) groups excluding carboxylic acids is 1. The van der Waals surface area contributed by atoms with Gasteiger partial charge in [0, 0.05) is 19.6 Å². The van der Waals surface area contributed by atoms with Crippen LogP contribution in [-0.2, 0) is 4.79 Å². The summed E-state index contributed by atoms with van der Waals surface area (Å²) in [6.45, 7) is 1.10. The fraction of sp³-hybridized carbons (Fsp3) is 0.929. The fourth-order valence-electron chi connectivity index (χ4n) is 3.61. The van der Waals surface area contributed by atoms with Gasteiger partial charge in [-0.3, -0.25) is 9.69 Å². The van der Waals surface area contributed by atoms with Crippen LogP contribution in [0.5, 0.6) is 0 Å². The molecule has 1 aliphatic carbocycles. The second-order valence-corrected chi connectivity index (χ2v) is 6.34. The average Bonchev–Trinajstić information content (AvgIpc) is 2.81. The fourth-order valence-corrected chi connectivity index (χ4v) is 3.61. The van der Waals surface area contributed by atoms with Gasteiger partial charge in [0.1, 0.15) is 0 Å². The van der Waals surface area contributed by atoms with E-state index in [9.17, 15) is 18.0 Å². The molecule has 0 unspecified atom stereocenters. The summed E-state index contributed by atoms with van der Waals surface area (Å²) in [7, 11) is 1.42. The Morgan fingerprint density at radius 1 is 1.43 bits per heavy atom. The summed E-state index contributed by atoms with van der Waals surface area (Å²) < 4.78 is 36.7. The highest BCUT2D eigenvalue weighted by Crippen LogP contribution is 2.43. The predicted molar refractivity (Wildman–Crippen MR) is 73.8 cm³/mol. The molecule has 0 bridgehead atoms. The quantitative estimate of drug-likeness (QED) is 0.806. The first-order chi connectivity index (χ1) is 9.83. The van der Waals surface area contributed by atoms with E-state index < -0.39 is 12.7 Å². The first kappa shape index (κ1) is 16.5. The third kappa shape index (κ3) is 4.10. The van der Waals surface area contributed by atoms with Crippen molar-refractivity contribution in [3.63, 3.8) is 0 Å². The second kappa shape index (κ2) is 6.52. The highest BCUT2D eigenvalue weighted by molar-refractivity contribution is 5.83. The van der Waals surface area contributed by atoms with Crippen LogP contribution in [-0.4, -0.2) is 56.8 Å². The van der Waals surface area contributed by atoms with Gasteiger partial charge in [0.2, 0.25) is 5.91 Å². The molecule has 1 saturated heterocycles. The molecule has 0 radical (unpaired) electrons. The summed E-state index contributed by atoms with van der Waals surface area (Å²) in [5.74, 6) is 0.386. The SMILES string of the molecule is CN(CCNC(=O)[C@@]12CCCC[C@H]1CNC2)CC(F)(F)F. The number of carbonyl (C=O) groups is 1. The Morgan fingerprint density at radius 2 is 2.19 bits per heavy atom. The molecule has 21 heavy (non-hydrogen) atoms. The van der Waals surface area contributed by atoms with Crippen molar-refractivity contribution < 1.29 is 18.0 Å². The number of likely N-dealkylation sites (N-methyl/N-ethyl adjacent to an activating group) is 1. The van der Waals surface area contributed by atoms with E-state index in [2.05, 4.69) is 10.6 Å². The van der Waals surface area contributed by atoms with Crippen LogP contribution in [0.2, 0.25) is 0 Å². The zero-order chi connectivity index (χ0) is 15.5. The summed E-state index contributed by atoms with van der Waals surface area (Å²) in [6.07, 6.45) is -0.0279. The van der Waals surface area contributed by atoms with Gasteiger partial charge in [0.15, 0.2) is 0 Å². The highest BCUT2D eigenvalue weighted by atomic mass is 19.4. The lowest BCUT2D eigenvalue weighted by Gasteiger charge is -2.37. The Labute approximate surface area is 123 Å². The Balaban J connectivity index is 1.79. The van der Waals surface area contributed by atoms with Gasteiger partial charge in [-0.1, -0.05) is 12.8 Å². The molecular formula is C14H24F3N3O. The highest BCUT2D eigenvalue weighted by Gasteiger charge is 2.49. The number of alkyl halides is 3. The zero-order valence-corrected chi connectivity index (χ0v) is 12.4. The monoisotopic (exact) mass is 307 g/mol. The van der Waals surface area contributed by atoms with E-state index in [0.29, 0.717) is 12.5 Å². The minimum absolute atomic E-state index is 0.0117. The number of amides is 1. The first-order valence-electron chi connectivity index (χ1n) is 7.58. The maximum Gasteiger partial charge on any atom is 0.401 e. The van der Waals surface area contributed by atoms with Gasteiger partial charge in [-0.05, 0) is 32.4 Å². The van der Waals surface area contributed by atoms with Gasteiger partial charge < -0.3 is 10.6 Å². The van der Waals surface area contributed by atoms with Crippen molar-refractivity contribution in [3.8, 4) is 0 Å².